The Kier molecular flexibility index (Phi) is 6.07. The lowest BCUT2D eigenvalue weighted by molar-refractivity contribution is -0.696. The van der Waals surface area contributed by atoms with Crippen LogP contribution in [-0.2, 0) is 17.8 Å². The number of rotatable bonds is 7. The molecule has 0 aromatic carbocycles. The minimum Gasteiger partial charge on any atom is -0.342 e. The molecule has 2 aromatic heterocycles. The first-order valence-electron chi connectivity index (χ1n) is 7.81. The van der Waals surface area contributed by atoms with E-state index in [1.807, 2.05) is 36.4 Å². The molecule has 2 rings (SSSR count). The van der Waals surface area contributed by atoms with Gasteiger partial charge in [0.15, 0.2) is 18.9 Å². The number of carbonyl (C=O) groups is 1. The largest absolute Gasteiger partial charge is 0.342 e. The van der Waals surface area contributed by atoms with Gasteiger partial charge < -0.3 is 4.90 Å². The maximum Gasteiger partial charge on any atom is 0.228 e. The van der Waals surface area contributed by atoms with Gasteiger partial charge in [-0.1, -0.05) is 0 Å². The van der Waals surface area contributed by atoms with Crippen LogP contribution in [0.25, 0.3) is 0 Å². The lowest BCUT2D eigenvalue weighted by atomic mass is 10.2. The van der Waals surface area contributed by atoms with E-state index in [-0.39, 0.29) is 5.91 Å². The van der Waals surface area contributed by atoms with Gasteiger partial charge >= 0.3 is 0 Å². The summed E-state index contributed by atoms with van der Waals surface area (Å²) in [4.78, 5) is 18.3. The Bertz CT molecular complexity index is 581. The molecular formula is C18H24N3O+. The quantitative estimate of drug-likeness (QED) is 0.735. The van der Waals surface area contributed by atoms with Crippen molar-refractivity contribution in [1.82, 2.24) is 9.88 Å². The zero-order chi connectivity index (χ0) is 15.8. The van der Waals surface area contributed by atoms with Crippen molar-refractivity contribution in [3.63, 3.8) is 0 Å². The molecule has 0 spiro atoms. The third-order valence-electron chi connectivity index (χ3n) is 3.80. The molecule has 0 saturated carbocycles. The van der Waals surface area contributed by atoms with Gasteiger partial charge in [-0.3, -0.25) is 9.78 Å². The number of aryl methyl sites for hydroxylation is 2. The standard InChI is InChI=1S/C18H24N3O/c1-3-21(15-8-17-4-10-19-11-5-17)18(22)9-14-20-12-6-16(2)7-13-20/h4-7,10-13H,3,8-9,14-15H2,1-2H3/q+1. The number of pyridine rings is 2. The highest BCUT2D eigenvalue weighted by atomic mass is 16.2. The smallest absolute Gasteiger partial charge is 0.228 e. The summed E-state index contributed by atoms with van der Waals surface area (Å²) in [6, 6.07) is 8.12. The average molecular weight is 298 g/mol. The summed E-state index contributed by atoms with van der Waals surface area (Å²) in [6.45, 7) is 6.34. The van der Waals surface area contributed by atoms with Crippen LogP contribution in [0.3, 0.4) is 0 Å². The molecule has 0 unspecified atom stereocenters. The molecule has 0 aliphatic carbocycles. The van der Waals surface area contributed by atoms with E-state index in [4.69, 9.17) is 0 Å². The SMILES string of the molecule is CCN(CCc1ccncc1)C(=O)CC[n+]1ccc(C)cc1. The van der Waals surface area contributed by atoms with E-state index in [9.17, 15) is 4.79 Å². The highest BCUT2D eigenvalue weighted by molar-refractivity contribution is 5.75. The summed E-state index contributed by atoms with van der Waals surface area (Å²) in [6.07, 6.45) is 9.05. The Morgan fingerprint density at radius 2 is 1.86 bits per heavy atom. The van der Waals surface area contributed by atoms with Crippen molar-refractivity contribution in [2.24, 2.45) is 0 Å². The van der Waals surface area contributed by atoms with Crippen LogP contribution in [0, 0.1) is 6.92 Å². The van der Waals surface area contributed by atoms with Crippen LogP contribution in [0.4, 0.5) is 0 Å². The molecule has 4 heteroatoms. The van der Waals surface area contributed by atoms with Crippen LogP contribution in [0.2, 0.25) is 0 Å². The van der Waals surface area contributed by atoms with E-state index >= 15 is 0 Å². The Morgan fingerprint density at radius 3 is 2.50 bits per heavy atom. The van der Waals surface area contributed by atoms with Crippen molar-refractivity contribution < 1.29 is 9.36 Å². The third kappa shape index (κ3) is 4.95. The van der Waals surface area contributed by atoms with Gasteiger partial charge in [0.2, 0.25) is 5.91 Å². The summed E-state index contributed by atoms with van der Waals surface area (Å²) in [5, 5.41) is 0. The predicted molar refractivity (Wildman–Crippen MR) is 86.2 cm³/mol. The normalized spacial score (nSPS) is 10.5. The summed E-state index contributed by atoms with van der Waals surface area (Å²) >= 11 is 0. The first-order valence-corrected chi connectivity index (χ1v) is 7.81. The number of hydrogen-bond acceptors (Lipinski definition) is 2. The second-order valence-electron chi connectivity index (χ2n) is 5.44. The molecule has 0 bridgehead atoms. The topological polar surface area (TPSA) is 37.1 Å². The molecule has 0 saturated heterocycles. The molecule has 116 valence electrons. The molecule has 0 N–H and O–H groups in total. The minimum absolute atomic E-state index is 0.213. The Hall–Kier alpha value is -2.23. The van der Waals surface area contributed by atoms with E-state index in [1.54, 1.807) is 12.4 Å². The van der Waals surface area contributed by atoms with E-state index in [0.29, 0.717) is 6.42 Å². The zero-order valence-corrected chi connectivity index (χ0v) is 13.4. The lowest BCUT2D eigenvalue weighted by Crippen LogP contribution is -2.38. The first kappa shape index (κ1) is 16.1. The Balaban J connectivity index is 1.82. The molecule has 1 amide bonds. The van der Waals surface area contributed by atoms with Gasteiger partial charge in [-0.05, 0) is 43.5 Å². The maximum absolute atomic E-state index is 12.3. The van der Waals surface area contributed by atoms with Crippen molar-refractivity contribution in [3.05, 3.63) is 60.2 Å². The van der Waals surface area contributed by atoms with Crippen LogP contribution < -0.4 is 4.57 Å². The van der Waals surface area contributed by atoms with Gasteiger partial charge in [0, 0.05) is 37.6 Å². The van der Waals surface area contributed by atoms with E-state index in [0.717, 1.165) is 26.1 Å². The van der Waals surface area contributed by atoms with E-state index < -0.39 is 0 Å². The molecule has 0 radical (unpaired) electrons. The van der Waals surface area contributed by atoms with Crippen molar-refractivity contribution in [2.75, 3.05) is 13.1 Å². The number of amides is 1. The van der Waals surface area contributed by atoms with Gasteiger partial charge in [-0.2, -0.15) is 0 Å². The summed E-state index contributed by atoms with van der Waals surface area (Å²) in [5.74, 6) is 0.213. The molecule has 0 fully saturated rings. The molecule has 22 heavy (non-hydrogen) atoms. The predicted octanol–water partition coefficient (Wildman–Crippen LogP) is 2.16. The van der Waals surface area contributed by atoms with Crippen molar-refractivity contribution in [1.29, 1.82) is 0 Å². The monoisotopic (exact) mass is 298 g/mol. The van der Waals surface area contributed by atoms with Gasteiger partial charge in [0.25, 0.3) is 0 Å². The van der Waals surface area contributed by atoms with Crippen molar-refractivity contribution in [3.8, 4) is 0 Å². The lowest BCUT2D eigenvalue weighted by Gasteiger charge is -2.20. The maximum atomic E-state index is 12.3. The van der Waals surface area contributed by atoms with E-state index in [2.05, 4.69) is 28.6 Å². The minimum atomic E-state index is 0.213. The molecule has 0 atom stereocenters. The Morgan fingerprint density at radius 1 is 1.18 bits per heavy atom. The summed E-state index contributed by atoms with van der Waals surface area (Å²) < 4.78 is 2.06. The van der Waals surface area contributed by atoms with Crippen molar-refractivity contribution in [2.45, 2.75) is 33.2 Å². The van der Waals surface area contributed by atoms with Gasteiger partial charge in [-0.15, -0.1) is 0 Å². The van der Waals surface area contributed by atoms with Crippen LogP contribution in [0.15, 0.2) is 49.1 Å². The van der Waals surface area contributed by atoms with Crippen LogP contribution in [-0.4, -0.2) is 28.9 Å². The highest BCUT2D eigenvalue weighted by Gasteiger charge is 2.13. The van der Waals surface area contributed by atoms with Crippen LogP contribution >= 0.6 is 0 Å². The van der Waals surface area contributed by atoms with Crippen molar-refractivity contribution >= 4 is 5.91 Å². The second kappa shape index (κ2) is 8.27. The second-order valence-corrected chi connectivity index (χ2v) is 5.44. The average Bonchev–Trinajstić information content (AvgIpc) is 2.56. The summed E-state index contributed by atoms with van der Waals surface area (Å²) in [7, 11) is 0. The van der Waals surface area contributed by atoms with Gasteiger partial charge in [0.1, 0.15) is 0 Å². The van der Waals surface area contributed by atoms with Gasteiger partial charge in [0.05, 0.1) is 6.42 Å². The van der Waals surface area contributed by atoms with E-state index in [1.165, 1.54) is 11.1 Å². The number of carbonyl (C=O) groups excluding carboxylic acids is 1. The molecule has 2 heterocycles. The molecular weight excluding hydrogens is 274 g/mol. The number of nitrogens with zero attached hydrogens (tertiary/aromatic N) is 3. The van der Waals surface area contributed by atoms with Crippen LogP contribution in [0.5, 0.6) is 0 Å². The number of hydrogen-bond donors (Lipinski definition) is 0. The fourth-order valence-corrected chi connectivity index (χ4v) is 2.34. The Labute approximate surface area is 132 Å². The molecule has 4 nitrogen and oxygen atoms in total. The third-order valence-corrected chi connectivity index (χ3v) is 3.80. The summed E-state index contributed by atoms with van der Waals surface area (Å²) in [5.41, 5.74) is 2.45. The first-order chi connectivity index (χ1) is 10.7. The fourth-order valence-electron chi connectivity index (χ4n) is 2.34. The zero-order valence-electron chi connectivity index (χ0n) is 13.4. The molecule has 2 aromatic rings. The number of likely N-dealkylation sites (N-methyl/N-ethyl adjacent to an activating group) is 1. The fraction of sp³-hybridized carbons (Fsp3) is 0.389. The highest BCUT2D eigenvalue weighted by Crippen LogP contribution is 2.02. The van der Waals surface area contributed by atoms with Crippen LogP contribution in [0.1, 0.15) is 24.5 Å². The van der Waals surface area contributed by atoms with Gasteiger partial charge in [-0.25, -0.2) is 4.57 Å². The number of aromatic nitrogens is 2. The molecule has 0 aliphatic rings. The molecule has 0 aliphatic heterocycles.